The van der Waals surface area contributed by atoms with Gasteiger partial charge >= 0.3 is 0 Å². The number of halogens is 2. The van der Waals surface area contributed by atoms with Gasteiger partial charge in [0.25, 0.3) is 0 Å². The first-order chi connectivity index (χ1) is 8.66. The van der Waals surface area contributed by atoms with Crippen LogP contribution in [0.1, 0.15) is 37.7 Å². The number of benzene rings is 1. The quantitative estimate of drug-likeness (QED) is 0.811. The third-order valence-electron chi connectivity index (χ3n) is 3.30. The lowest BCUT2D eigenvalue weighted by Gasteiger charge is -2.25. The van der Waals surface area contributed by atoms with Gasteiger partial charge in [-0.2, -0.15) is 0 Å². The number of rotatable bonds is 2. The van der Waals surface area contributed by atoms with Crippen molar-refractivity contribution in [3.8, 4) is 0 Å². The number of likely N-dealkylation sites (tertiary alicyclic amines) is 1. The van der Waals surface area contributed by atoms with Gasteiger partial charge in [-0.25, -0.2) is 4.39 Å². The second kappa shape index (κ2) is 6.32. The molecule has 18 heavy (non-hydrogen) atoms. The molecule has 1 heterocycles. The largest absolute Gasteiger partial charge is 0.338 e. The van der Waals surface area contributed by atoms with Crippen molar-refractivity contribution in [3.05, 3.63) is 34.1 Å². The Kier molecular flexibility index (Phi) is 4.75. The van der Waals surface area contributed by atoms with Gasteiger partial charge in [-0.3, -0.25) is 4.79 Å². The molecule has 98 valence electrons. The summed E-state index contributed by atoms with van der Waals surface area (Å²) in [5.74, 6) is -0.0458. The first-order valence-electron chi connectivity index (χ1n) is 6.38. The number of hydrogen-bond acceptors (Lipinski definition) is 1. The standard InChI is InChI=1S/C14H17BrFNO/c15-13-9-12(16)7-6-11(13)10-17-8-4-2-1-3-5-14(17)18/h6-7,9H,1-5,8,10H2. The molecule has 4 heteroatoms. The van der Waals surface area contributed by atoms with E-state index in [1.807, 2.05) is 4.90 Å². The van der Waals surface area contributed by atoms with Gasteiger partial charge in [-0.05, 0) is 30.5 Å². The van der Waals surface area contributed by atoms with Gasteiger partial charge in [0, 0.05) is 24.0 Å². The van der Waals surface area contributed by atoms with Gasteiger partial charge < -0.3 is 4.90 Å². The number of nitrogens with zero attached hydrogens (tertiary/aromatic N) is 1. The minimum atomic E-state index is -0.260. The molecule has 1 fully saturated rings. The highest BCUT2D eigenvalue weighted by Crippen LogP contribution is 2.21. The lowest BCUT2D eigenvalue weighted by molar-refractivity contribution is -0.132. The van der Waals surface area contributed by atoms with E-state index in [1.54, 1.807) is 6.07 Å². The molecule has 0 aromatic heterocycles. The zero-order valence-electron chi connectivity index (χ0n) is 10.3. The van der Waals surface area contributed by atoms with E-state index >= 15 is 0 Å². The number of amides is 1. The SMILES string of the molecule is O=C1CCCCCCN1Cc1ccc(F)cc1Br. The van der Waals surface area contributed by atoms with Crippen molar-refractivity contribution < 1.29 is 9.18 Å². The number of carbonyl (C=O) groups excluding carboxylic acids is 1. The van der Waals surface area contributed by atoms with E-state index in [0.29, 0.717) is 13.0 Å². The Morgan fingerprint density at radius 3 is 2.78 bits per heavy atom. The predicted molar refractivity (Wildman–Crippen MR) is 72.6 cm³/mol. The van der Waals surface area contributed by atoms with E-state index in [-0.39, 0.29) is 11.7 Å². The van der Waals surface area contributed by atoms with Crippen LogP contribution >= 0.6 is 15.9 Å². The molecule has 0 bridgehead atoms. The Labute approximate surface area is 115 Å². The molecule has 2 nitrogen and oxygen atoms in total. The first-order valence-corrected chi connectivity index (χ1v) is 7.18. The minimum Gasteiger partial charge on any atom is -0.338 e. The van der Waals surface area contributed by atoms with Crippen molar-refractivity contribution >= 4 is 21.8 Å². The molecule has 0 unspecified atom stereocenters. The lowest BCUT2D eigenvalue weighted by Crippen LogP contribution is -2.32. The molecule has 1 aliphatic rings. The fraction of sp³-hybridized carbons (Fsp3) is 0.500. The molecule has 0 atom stereocenters. The van der Waals surface area contributed by atoms with Gasteiger partial charge in [0.15, 0.2) is 0 Å². The summed E-state index contributed by atoms with van der Waals surface area (Å²) in [6.07, 6.45) is 5.03. The van der Waals surface area contributed by atoms with Crippen LogP contribution < -0.4 is 0 Å². The molecule has 1 aromatic carbocycles. The van der Waals surface area contributed by atoms with Crippen molar-refractivity contribution in [2.24, 2.45) is 0 Å². The normalized spacial score (nSPS) is 17.4. The van der Waals surface area contributed by atoms with Crippen molar-refractivity contribution in [2.45, 2.75) is 38.6 Å². The van der Waals surface area contributed by atoms with E-state index in [4.69, 9.17) is 0 Å². The van der Waals surface area contributed by atoms with Crippen molar-refractivity contribution in [2.75, 3.05) is 6.54 Å². The van der Waals surface area contributed by atoms with Crippen LogP contribution in [0.15, 0.2) is 22.7 Å². The summed E-state index contributed by atoms with van der Waals surface area (Å²) in [5.41, 5.74) is 0.963. The second-order valence-electron chi connectivity index (χ2n) is 4.72. The minimum absolute atomic E-state index is 0.214. The Morgan fingerprint density at radius 1 is 1.22 bits per heavy atom. The molecule has 1 amide bonds. The van der Waals surface area contributed by atoms with Gasteiger partial charge in [0.05, 0.1) is 0 Å². The van der Waals surface area contributed by atoms with E-state index in [2.05, 4.69) is 15.9 Å². The molecule has 0 spiro atoms. The molecule has 0 aliphatic carbocycles. The molecular weight excluding hydrogens is 297 g/mol. The summed E-state index contributed by atoms with van der Waals surface area (Å²) in [6.45, 7) is 1.38. The van der Waals surface area contributed by atoms with Crippen molar-refractivity contribution in [1.82, 2.24) is 4.90 Å². The smallest absolute Gasteiger partial charge is 0.222 e. The number of carbonyl (C=O) groups is 1. The van der Waals surface area contributed by atoms with Crippen LogP contribution in [-0.2, 0) is 11.3 Å². The van der Waals surface area contributed by atoms with Crippen LogP contribution in [-0.4, -0.2) is 17.4 Å². The summed E-state index contributed by atoms with van der Waals surface area (Å²) in [7, 11) is 0. The van der Waals surface area contributed by atoms with Crippen LogP contribution in [0.25, 0.3) is 0 Å². The van der Waals surface area contributed by atoms with Crippen LogP contribution in [0.4, 0.5) is 4.39 Å². The topological polar surface area (TPSA) is 20.3 Å². The Morgan fingerprint density at radius 2 is 2.00 bits per heavy atom. The van der Waals surface area contributed by atoms with Gasteiger partial charge in [-0.1, -0.05) is 34.8 Å². The van der Waals surface area contributed by atoms with Crippen LogP contribution in [0.5, 0.6) is 0 Å². The van der Waals surface area contributed by atoms with Gasteiger partial charge in [-0.15, -0.1) is 0 Å². The third kappa shape index (κ3) is 3.55. The molecular formula is C14H17BrFNO. The Hall–Kier alpha value is -0.900. The van der Waals surface area contributed by atoms with Crippen molar-refractivity contribution in [1.29, 1.82) is 0 Å². The Bertz CT molecular complexity index is 436. The number of hydrogen-bond donors (Lipinski definition) is 0. The molecule has 0 saturated carbocycles. The maximum Gasteiger partial charge on any atom is 0.222 e. The van der Waals surface area contributed by atoms with E-state index < -0.39 is 0 Å². The molecule has 0 N–H and O–H groups in total. The molecule has 1 saturated heterocycles. The van der Waals surface area contributed by atoms with E-state index in [0.717, 1.165) is 35.8 Å². The van der Waals surface area contributed by atoms with E-state index in [1.165, 1.54) is 18.6 Å². The molecule has 0 radical (unpaired) electrons. The highest BCUT2D eigenvalue weighted by atomic mass is 79.9. The monoisotopic (exact) mass is 313 g/mol. The lowest BCUT2D eigenvalue weighted by atomic mass is 10.1. The second-order valence-corrected chi connectivity index (χ2v) is 5.57. The summed E-state index contributed by atoms with van der Waals surface area (Å²) in [4.78, 5) is 13.9. The van der Waals surface area contributed by atoms with Gasteiger partial charge in [0.1, 0.15) is 5.82 Å². The third-order valence-corrected chi connectivity index (χ3v) is 4.04. The fourth-order valence-electron chi connectivity index (χ4n) is 2.24. The Balaban J connectivity index is 2.08. The average Bonchev–Trinajstić information content (AvgIpc) is 2.31. The maximum absolute atomic E-state index is 13.0. The zero-order chi connectivity index (χ0) is 13.0. The van der Waals surface area contributed by atoms with E-state index in [9.17, 15) is 9.18 Å². The molecule has 1 aliphatic heterocycles. The fourth-order valence-corrected chi connectivity index (χ4v) is 2.71. The highest BCUT2D eigenvalue weighted by Gasteiger charge is 2.16. The zero-order valence-corrected chi connectivity index (χ0v) is 11.9. The van der Waals surface area contributed by atoms with Crippen LogP contribution in [0.2, 0.25) is 0 Å². The average molecular weight is 314 g/mol. The first kappa shape index (κ1) is 13.5. The molecule has 1 aromatic rings. The van der Waals surface area contributed by atoms with Gasteiger partial charge in [0.2, 0.25) is 5.91 Å². The maximum atomic E-state index is 13.0. The van der Waals surface area contributed by atoms with Crippen molar-refractivity contribution in [3.63, 3.8) is 0 Å². The summed E-state index contributed by atoms with van der Waals surface area (Å²) < 4.78 is 13.7. The summed E-state index contributed by atoms with van der Waals surface area (Å²) >= 11 is 3.35. The predicted octanol–water partition coefficient (Wildman–Crippen LogP) is 3.88. The summed E-state index contributed by atoms with van der Waals surface area (Å²) in [5, 5.41) is 0. The van der Waals surface area contributed by atoms with Crippen LogP contribution in [0, 0.1) is 5.82 Å². The highest BCUT2D eigenvalue weighted by molar-refractivity contribution is 9.10. The molecule has 2 rings (SSSR count). The van der Waals surface area contributed by atoms with Crippen LogP contribution in [0.3, 0.4) is 0 Å². The summed E-state index contributed by atoms with van der Waals surface area (Å²) in [6, 6.07) is 4.63.